The SMILES string of the molecule is O=C(CNc1ccc(F)cc1)c1ccc(F)c(F)c1. The molecule has 2 aromatic rings. The molecule has 2 rings (SSSR count). The van der Waals surface area contributed by atoms with Crippen LogP contribution in [0.2, 0.25) is 0 Å². The second-order valence-electron chi connectivity index (χ2n) is 3.91. The van der Waals surface area contributed by atoms with Crippen molar-refractivity contribution in [3.63, 3.8) is 0 Å². The molecule has 0 aliphatic heterocycles. The van der Waals surface area contributed by atoms with Crippen LogP contribution in [0.25, 0.3) is 0 Å². The van der Waals surface area contributed by atoms with Crippen LogP contribution in [0.5, 0.6) is 0 Å². The minimum Gasteiger partial charge on any atom is -0.378 e. The summed E-state index contributed by atoms with van der Waals surface area (Å²) in [5.74, 6) is -2.82. The maximum absolute atomic E-state index is 13.0. The predicted molar refractivity (Wildman–Crippen MR) is 65.6 cm³/mol. The van der Waals surface area contributed by atoms with Gasteiger partial charge in [-0.25, -0.2) is 13.2 Å². The Labute approximate surface area is 107 Å². The van der Waals surface area contributed by atoms with E-state index in [1.165, 1.54) is 30.3 Å². The fraction of sp³-hybridized carbons (Fsp3) is 0.0714. The molecule has 0 aromatic heterocycles. The molecule has 0 radical (unpaired) electrons. The Morgan fingerprint density at radius 2 is 1.63 bits per heavy atom. The number of rotatable bonds is 4. The Hall–Kier alpha value is -2.30. The van der Waals surface area contributed by atoms with Crippen molar-refractivity contribution in [3.05, 3.63) is 65.5 Å². The third-order valence-electron chi connectivity index (χ3n) is 2.54. The Morgan fingerprint density at radius 1 is 0.947 bits per heavy atom. The van der Waals surface area contributed by atoms with Gasteiger partial charge in [-0.3, -0.25) is 4.79 Å². The number of hydrogen-bond acceptors (Lipinski definition) is 2. The molecule has 2 aromatic carbocycles. The van der Waals surface area contributed by atoms with Gasteiger partial charge in [0.2, 0.25) is 0 Å². The lowest BCUT2D eigenvalue weighted by Crippen LogP contribution is -2.14. The van der Waals surface area contributed by atoms with Crippen LogP contribution in [0, 0.1) is 17.5 Å². The molecule has 2 nitrogen and oxygen atoms in total. The molecule has 0 saturated heterocycles. The van der Waals surface area contributed by atoms with Crippen LogP contribution in [-0.4, -0.2) is 12.3 Å². The maximum Gasteiger partial charge on any atom is 0.181 e. The Kier molecular flexibility index (Phi) is 3.85. The summed E-state index contributed by atoms with van der Waals surface area (Å²) in [6, 6.07) is 8.44. The van der Waals surface area contributed by atoms with Crippen LogP contribution in [0.15, 0.2) is 42.5 Å². The van der Waals surface area contributed by atoms with Gasteiger partial charge in [-0.05, 0) is 42.5 Å². The highest BCUT2D eigenvalue weighted by Crippen LogP contribution is 2.11. The molecule has 0 aliphatic rings. The van der Waals surface area contributed by atoms with Gasteiger partial charge < -0.3 is 5.32 Å². The second kappa shape index (κ2) is 5.56. The molecule has 0 atom stereocenters. The minimum absolute atomic E-state index is 0.0773. The number of carbonyl (C=O) groups is 1. The van der Waals surface area contributed by atoms with Crippen molar-refractivity contribution in [2.75, 3.05) is 11.9 Å². The minimum atomic E-state index is -1.06. The van der Waals surface area contributed by atoms with Gasteiger partial charge in [0.05, 0.1) is 6.54 Å². The molecule has 19 heavy (non-hydrogen) atoms. The summed E-state index contributed by atoms with van der Waals surface area (Å²) in [5, 5.41) is 2.77. The van der Waals surface area contributed by atoms with Crippen LogP contribution in [0.1, 0.15) is 10.4 Å². The normalized spacial score (nSPS) is 10.3. The summed E-state index contributed by atoms with van der Waals surface area (Å²) in [6.45, 7) is -0.0866. The molecule has 98 valence electrons. The van der Waals surface area contributed by atoms with E-state index < -0.39 is 11.6 Å². The number of halogens is 3. The second-order valence-corrected chi connectivity index (χ2v) is 3.91. The van der Waals surface area contributed by atoms with E-state index in [2.05, 4.69) is 5.32 Å². The monoisotopic (exact) mass is 265 g/mol. The van der Waals surface area contributed by atoms with Gasteiger partial charge in [-0.2, -0.15) is 0 Å². The lowest BCUT2D eigenvalue weighted by atomic mass is 10.1. The highest BCUT2D eigenvalue weighted by atomic mass is 19.2. The van der Waals surface area contributed by atoms with Crippen molar-refractivity contribution in [1.82, 2.24) is 0 Å². The molecule has 1 N–H and O–H groups in total. The number of ketones is 1. The van der Waals surface area contributed by atoms with E-state index in [0.717, 1.165) is 12.1 Å². The lowest BCUT2D eigenvalue weighted by molar-refractivity contribution is 0.101. The maximum atomic E-state index is 13.0. The van der Waals surface area contributed by atoms with Crippen LogP contribution in [0.4, 0.5) is 18.9 Å². The molecule has 0 fully saturated rings. The molecular weight excluding hydrogens is 255 g/mol. The van der Waals surface area contributed by atoms with E-state index in [9.17, 15) is 18.0 Å². The van der Waals surface area contributed by atoms with Crippen LogP contribution >= 0.6 is 0 Å². The van der Waals surface area contributed by atoms with Gasteiger partial charge in [0.25, 0.3) is 0 Å². The van der Waals surface area contributed by atoms with Crippen molar-refractivity contribution in [3.8, 4) is 0 Å². The fourth-order valence-corrected chi connectivity index (χ4v) is 1.52. The third kappa shape index (κ3) is 3.34. The largest absolute Gasteiger partial charge is 0.378 e. The molecule has 0 saturated carbocycles. The van der Waals surface area contributed by atoms with Crippen LogP contribution in [-0.2, 0) is 0 Å². The zero-order valence-corrected chi connectivity index (χ0v) is 9.79. The van der Waals surface area contributed by atoms with Crippen LogP contribution in [0.3, 0.4) is 0 Å². The predicted octanol–water partition coefficient (Wildman–Crippen LogP) is 3.40. The third-order valence-corrected chi connectivity index (χ3v) is 2.54. The Balaban J connectivity index is 2.01. The first-order valence-corrected chi connectivity index (χ1v) is 5.54. The average Bonchev–Trinajstić information content (AvgIpc) is 2.41. The van der Waals surface area contributed by atoms with E-state index in [0.29, 0.717) is 5.69 Å². The van der Waals surface area contributed by atoms with Gasteiger partial charge in [0.1, 0.15) is 5.82 Å². The summed E-state index contributed by atoms with van der Waals surface area (Å²) in [6.07, 6.45) is 0. The zero-order valence-electron chi connectivity index (χ0n) is 9.79. The van der Waals surface area contributed by atoms with Gasteiger partial charge in [0, 0.05) is 11.3 Å². The first-order chi connectivity index (χ1) is 9.06. The Bertz CT molecular complexity index is 596. The van der Waals surface area contributed by atoms with E-state index in [1.54, 1.807) is 0 Å². The standard InChI is InChI=1S/C14H10F3NO/c15-10-2-4-11(5-3-10)18-8-14(19)9-1-6-12(16)13(17)7-9/h1-7,18H,8H2. The van der Waals surface area contributed by atoms with Crippen molar-refractivity contribution in [2.45, 2.75) is 0 Å². The van der Waals surface area contributed by atoms with Gasteiger partial charge in [0.15, 0.2) is 17.4 Å². The fourth-order valence-electron chi connectivity index (χ4n) is 1.52. The highest BCUT2D eigenvalue weighted by Gasteiger charge is 2.09. The molecule has 0 amide bonds. The summed E-state index contributed by atoms with van der Waals surface area (Å²) < 4.78 is 38.3. The van der Waals surface area contributed by atoms with E-state index in [-0.39, 0.29) is 23.7 Å². The topological polar surface area (TPSA) is 29.1 Å². The molecule has 0 bridgehead atoms. The zero-order chi connectivity index (χ0) is 13.8. The van der Waals surface area contributed by atoms with E-state index in [4.69, 9.17) is 0 Å². The molecule has 5 heteroatoms. The molecule has 0 heterocycles. The summed E-state index contributed by atoms with van der Waals surface area (Å²) in [7, 11) is 0. The van der Waals surface area contributed by atoms with Gasteiger partial charge in [-0.15, -0.1) is 0 Å². The van der Waals surface area contributed by atoms with Crippen molar-refractivity contribution < 1.29 is 18.0 Å². The number of nitrogens with one attached hydrogen (secondary N) is 1. The quantitative estimate of drug-likeness (QED) is 0.858. The molecule has 0 aliphatic carbocycles. The van der Waals surface area contributed by atoms with E-state index in [1.807, 2.05) is 0 Å². The number of Topliss-reactive ketones (excluding diaryl/α,β-unsaturated/α-hetero) is 1. The van der Waals surface area contributed by atoms with Gasteiger partial charge >= 0.3 is 0 Å². The first kappa shape index (κ1) is 13.1. The number of anilines is 1. The summed E-state index contributed by atoms with van der Waals surface area (Å²) in [5.41, 5.74) is 0.644. The summed E-state index contributed by atoms with van der Waals surface area (Å²) >= 11 is 0. The van der Waals surface area contributed by atoms with Crippen molar-refractivity contribution in [2.24, 2.45) is 0 Å². The average molecular weight is 265 g/mol. The number of hydrogen-bond donors (Lipinski definition) is 1. The Morgan fingerprint density at radius 3 is 2.26 bits per heavy atom. The highest BCUT2D eigenvalue weighted by molar-refractivity contribution is 5.98. The number of benzene rings is 2. The van der Waals surface area contributed by atoms with Gasteiger partial charge in [-0.1, -0.05) is 0 Å². The number of carbonyl (C=O) groups excluding carboxylic acids is 1. The molecular formula is C14H10F3NO. The molecule has 0 unspecified atom stereocenters. The lowest BCUT2D eigenvalue weighted by Gasteiger charge is -2.06. The van der Waals surface area contributed by atoms with Crippen molar-refractivity contribution >= 4 is 11.5 Å². The molecule has 0 spiro atoms. The van der Waals surface area contributed by atoms with Crippen molar-refractivity contribution in [1.29, 1.82) is 0 Å². The summed E-state index contributed by atoms with van der Waals surface area (Å²) in [4.78, 5) is 11.7. The van der Waals surface area contributed by atoms with E-state index >= 15 is 0 Å². The first-order valence-electron chi connectivity index (χ1n) is 5.54. The smallest absolute Gasteiger partial charge is 0.181 e. The van der Waals surface area contributed by atoms with Crippen LogP contribution < -0.4 is 5.32 Å².